The minimum Gasteiger partial charge on any atom is -0.448 e. The van der Waals surface area contributed by atoms with Gasteiger partial charge in [-0.2, -0.15) is 0 Å². The minimum absolute atomic E-state index is 0.163. The van der Waals surface area contributed by atoms with Crippen LogP contribution in [0.3, 0.4) is 0 Å². The zero-order valence-corrected chi connectivity index (χ0v) is 41.3. The maximum Gasteiger partial charge on any atom is 0.178 e. The molecule has 0 heterocycles. The summed E-state index contributed by atoms with van der Waals surface area (Å²) in [5, 5.41) is 12.4. The first-order valence-electron chi connectivity index (χ1n) is 21.7. The summed E-state index contributed by atoms with van der Waals surface area (Å²) in [6.45, 7) is 0. The number of nitrogens with two attached hydrogens (primary N) is 2. The normalized spacial score (nSPS) is 11.8. The van der Waals surface area contributed by atoms with Crippen LogP contribution < -0.4 is 48.0 Å². The number of halogens is 2. The van der Waals surface area contributed by atoms with Crippen molar-refractivity contribution < 1.29 is 19.9 Å². The van der Waals surface area contributed by atoms with Crippen molar-refractivity contribution in [2.45, 2.75) is 12.1 Å². The standard InChI is InChI=1S/C44H32OP2.C14H16N2.2ClH.Ru/c1-5-19-35(20-6-1)46(36-21-7-2-8-22-36)41-31-29-33-17-13-15-27-39(33)43(41)45-44-40-28-16-14-18-34(40)30-32-42(44)47(37-23-9-3-10-24-37)38-25-11-4-12-26-38;15-13(11-7-3-1-4-8-11)14(16)12-9-5-2-6-10-12;;;/h1-32H;1-10,13-14H,15-16H2;2*1H;/q;;;;+4. The molecule has 10 rings (SSSR count). The maximum atomic E-state index is 7.57. The number of benzene rings is 10. The van der Waals surface area contributed by atoms with E-state index in [1.165, 1.54) is 42.6 Å². The summed E-state index contributed by atoms with van der Waals surface area (Å²) in [4.78, 5) is 0. The zero-order chi connectivity index (χ0) is 45.5. The van der Waals surface area contributed by atoms with Gasteiger partial charge in [0.25, 0.3) is 0 Å². The average molecular weight is 1020 g/mol. The van der Waals surface area contributed by atoms with Gasteiger partial charge in [-0.25, -0.2) is 0 Å². The molecule has 0 saturated carbocycles. The molecule has 0 aliphatic rings. The molecule has 0 aliphatic carbocycles. The maximum absolute atomic E-state index is 7.57. The zero-order valence-electron chi connectivity index (χ0n) is 36.1. The van der Waals surface area contributed by atoms with E-state index >= 15 is 0 Å². The fourth-order valence-corrected chi connectivity index (χ4v) is 13.7. The van der Waals surface area contributed by atoms with E-state index in [-0.39, 0.29) is 27.2 Å². The van der Waals surface area contributed by atoms with Crippen molar-refractivity contribution in [2.24, 2.45) is 11.5 Å². The molecule has 4 N–H and O–H groups in total. The van der Waals surface area contributed by atoms with E-state index in [0.29, 0.717) is 0 Å². The van der Waals surface area contributed by atoms with Crippen LogP contribution >= 0.6 is 35.2 Å². The van der Waals surface area contributed by atoms with Crippen LogP contribution in [0, 0.1) is 0 Å². The summed E-state index contributed by atoms with van der Waals surface area (Å²) in [5.74, 6) is 1.90. The second-order valence-electron chi connectivity index (χ2n) is 15.6. The summed E-state index contributed by atoms with van der Waals surface area (Å²) in [6.07, 6.45) is 0. The molecule has 0 aliphatic heterocycles. The van der Waals surface area contributed by atoms with Crippen LogP contribution in [-0.2, 0) is 15.1 Å². The van der Waals surface area contributed by atoms with E-state index in [4.69, 9.17) is 35.6 Å². The Hall–Kier alpha value is -5.50. The van der Waals surface area contributed by atoms with Crippen molar-refractivity contribution in [2.75, 3.05) is 0 Å². The number of ether oxygens (including phenoxy) is 1. The molecule has 10 aromatic carbocycles. The molecule has 8 heteroatoms. The van der Waals surface area contributed by atoms with Gasteiger partial charge in [-0.05, 0) is 82.6 Å². The van der Waals surface area contributed by atoms with Crippen molar-refractivity contribution in [3.05, 3.63) is 266 Å². The van der Waals surface area contributed by atoms with Crippen molar-refractivity contribution >= 4 is 88.6 Å². The Morgan fingerprint density at radius 1 is 0.333 bits per heavy atom. The van der Waals surface area contributed by atoms with E-state index < -0.39 is 15.8 Å². The first-order valence-corrected chi connectivity index (χ1v) is 29.2. The number of hydrogen-bond donors (Lipinski definition) is 2. The van der Waals surface area contributed by atoms with Gasteiger partial charge >= 0.3 is 34.5 Å². The van der Waals surface area contributed by atoms with E-state index in [1.54, 1.807) is 0 Å². The second kappa shape index (κ2) is 23.8. The van der Waals surface area contributed by atoms with Gasteiger partial charge in [-0.3, -0.25) is 0 Å². The van der Waals surface area contributed by atoms with Crippen molar-refractivity contribution in [3.8, 4) is 11.5 Å². The van der Waals surface area contributed by atoms with Crippen LogP contribution in [0.4, 0.5) is 0 Å². The Labute approximate surface area is 406 Å². The number of fused-ring (bicyclic) bond motifs is 2. The Balaban J connectivity index is 0.000000261. The fraction of sp³-hybridized carbons (Fsp3) is 0.0345. The van der Waals surface area contributed by atoms with Crippen LogP contribution in [-0.4, -0.2) is 0 Å². The predicted octanol–water partition coefficient (Wildman–Crippen LogP) is 12.5. The Morgan fingerprint density at radius 3 is 0.894 bits per heavy atom. The minimum atomic E-state index is -1.42. The molecule has 2 atom stereocenters. The van der Waals surface area contributed by atoms with Crippen molar-refractivity contribution in [1.29, 1.82) is 0 Å². The molecule has 0 amide bonds. The largest absolute Gasteiger partial charge is 0.448 e. The fourth-order valence-electron chi connectivity index (χ4n) is 8.34. The summed E-state index contributed by atoms with van der Waals surface area (Å²) >= 11 is -0.346. The molecule has 3 nitrogen and oxygen atoms in total. The molecule has 0 spiro atoms. The monoisotopic (exact) mass is 1020 g/mol. The van der Waals surface area contributed by atoms with Gasteiger partial charge in [0.05, 0.1) is 0 Å². The summed E-state index contributed by atoms with van der Waals surface area (Å²) in [5.41, 5.74) is 14.4. The number of hydrogen-bond acceptors (Lipinski definition) is 3. The third-order valence-corrected chi connectivity index (χ3v) is 17.0. The molecule has 326 valence electrons. The molecular weight excluding hydrogens is 975 g/mol. The Bertz CT molecular complexity index is 2760. The van der Waals surface area contributed by atoms with Crippen LogP contribution in [0.5, 0.6) is 11.5 Å². The van der Waals surface area contributed by atoms with Crippen LogP contribution in [0.25, 0.3) is 21.5 Å². The van der Waals surface area contributed by atoms with E-state index in [2.05, 4.69) is 194 Å². The van der Waals surface area contributed by atoms with Gasteiger partial charge in [0.1, 0.15) is 47.7 Å². The molecule has 66 heavy (non-hydrogen) atoms. The molecule has 10 aromatic rings. The quantitative estimate of drug-likeness (QED) is 0.100. The van der Waals surface area contributed by atoms with Gasteiger partial charge in [0.15, 0.2) is 11.5 Å². The Kier molecular flexibility index (Phi) is 17.0. The van der Waals surface area contributed by atoms with Gasteiger partial charge in [0.2, 0.25) is 0 Å². The third-order valence-electron chi connectivity index (χ3n) is 11.5. The van der Waals surface area contributed by atoms with E-state index in [9.17, 15) is 0 Å². The summed E-state index contributed by atoms with van der Waals surface area (Å²) in [6, 6.07) is 89.9. The third kappa shape index (κ3) is 11.4. The molecule has 0 radical (unpaired) electrons. The van der Waals surface area contributed by atoms with Crippen molar-refractivity contribution in [3.63, 3.8) is 0 Å². The molecule has 0 fully saturated rings. The van der Waals surface area contributed by atoms with E-state index in [0.717, 1.165) is 33.4 Å². The molecular formula is C58H50Cl2N2OP2Ru+4. The SMILES string of the molecule is NC(c1ccccc1)C(N)c1ccccc1.[Cl][Ru+2][Cl].c1ccc([PH+](c2ccccc2)c2ccc3ccccc3c2Oc2c([PH+](c3ccccc3)c3ccccc3)ccc3ccccc23)cc1. The van der Waals surface area contributed by atoms with Gasteiger partial charge in [-0.15, -0.1) is 0 Å². The molecule has 0 saturated heterocycles. The average Bonchev–Trinajstić information content (AvgIpc) is 3.39. The molecule has 0 aromatic heterocycles. The molecule has 2 unspecified atom stereocenters. The second-order valence-corrected chi connectivity index (χ2v) is 23.1. The van der Waals surface area contributed by atoms with Gasteiger partial charge in [-0.1, -0.05) is 194 Å². The summed E-state index contributed by atoms with van der Waals surface area (Å²) in [7, 11) is 6.86. The topological polar surface area (TPSA) is 61.3 Å². The van der Waals surface area contributed by atoms with Crippen LogP contribution in [0.1, 0.15) is 23.2 Å². The number of rotatable bonds is 11. The summed E-state index contributed by atoms with van der Waals surface area (Å²) < 4.78 is 7.57. The first kappa shape index (κ1) is 47.0. The van der Waals surface area contributed by atoms with Gasteiger partial charge in [0, 0.05) is 22.9 Å². The van der Waals surface area contributed by atoms with Gasteiger partial charge < -0.3 is 16.2 Å². The molecule has 0 bridgehead atoms. The van der Waals surface area contributed by atoms with Crippen LogP contribution in [0.2, 0.25) is 0 Å². The first-order chi connectivity index (χ1) is 32.6. The predicted molar refractivity (Wildman–Crippen MR) is 287 cm³/mol. The van der Waals surface area contributed by atoms with E-state index in [1.807, 2.05) is 60.7 Å². The van der Waals surface area contributed by atoms with Crippen molar-refractivity contribution in [1.82, 2.24) is 0 Å². The smallest absolute Gasteiger partial charge is 0.178 e. The Morgan fingerprint density at radius 2 is 0.591 bits per heavy atom. The van der Waals surface area contributed by atoms with Crippen LogP contribution in [0.15, 0.2) is 255 Å².